The van der Waals surface area contributed by atoms with Crippen molar-refractivity contribution in [2.75, 3.05) is 33.5 Å². The van der Waals surface area contributed by atoms with Gasteiger partial charge in [0.2, 0.25) is 0 Å². The molecule has 0 aromatic carbocycles. The highest BCUT2D eigenvalue weighted by molar-refractivity contribution is 4.77. The lowest BCUT2D eigenvalue weighted by Gasteiger charge is -2.37. The van der Waals surface area contributed by atoms with E-state index in [0.717, 1.165) is 26.4 Å². The molecule has 0 aromatic heterocycles. The molecule has 0 N–H and O–H groups in total. The van der Waals surface area contributed by atoms with Crippen LogP contribution in [0.2, 0.25) is 0 Å². The first-order valence-corrected chi connectivity index (χ1v) is 4.58. The van der Waals surface area contributed by atoms with Crippen LogP contribution in [0.15, 0.2) is 0 Å². The number of nitrogens with zero attached hydrogens (tertiary/aromatic N) is 1. The van der Waals surface area contributed by atoms with Gasteiger partial charge < -0.3 is 9.47 Å². The van der Waals surface area contributed by atoms with Crippen LogP contribution < -0.4 is 0 Å². The van der Waals surface area contributed by atoms with Gasteiger partial charge in [-0.05, 0) is 13.8 Å². The number of rotatable bonds is 3. The van der Waals surface area contributed by atoms with Crippen LogP contribution in [0.25, 0.3) is 0 Å². The molecule has 1 aliphatic heterocycles. The molecule has 1 fully saturated rings. The Kier molecular flexibility index (Phi) is 3.98. The summed E-state index contributed by atoms with van der Waals surface area (Å²) in [5.74, 6) is 0. The third kappa shape index (κ3) is 2.44. The quantitative estimate of drug-likeness (QED) is 0.628. The van der Waals surface area contributed by atoms with Gasteiger partial charge in [-0.1, -0.05) is 0 Å². The molecule has 0 spiro atoms. The predicted octanol–water partition coefficient (Wildman–Crippen LogP) is 0.742. The fourth-order valence-electron chi connectivity index (χ4n) is 1.68. The number of ether oxygens (including phenoxy) is 2. The van der Waals surface area contributed by atoms with E-state index in [9.17, 15) is 0 Å². The summed E-state index contributed by atoms with van der Waals surface area (Å²) in [7, 11) is 1.74. The molecule has 1 heterocycles. The van der Waals surface area contributed by atoms with E-state index in [1.807, 2.05) is 0 Å². The molecule has 72 valence electrons. The van der Waals surface area contributed by atoms with Gasteiger partial charge in [0.25, 0.3) is 0 Å². The van der Waals surface area contributed by atoms with E-state index in [1.165, 1.54) is 0 Å². The molecular weight excluding hydrogens is 154 g/mol. The maximum atomic E-state index is 5.39. The van der Waals surface area contributed by atoms with Crippen molar-refractivity contribution >= 4 is 0 Å². The average molecular weight is 173 g/mol. The van der Waals surface area contributed by atoms with Gasteiger partial charge in [-0.2, -0.15) is 0 Å². The van der Waals surface area contributed by atoms with E-state index < -0.39 is 0 Å². The lowest BCUT2D eigenvalue weighted by Crippen LogP contribution is -2.50. The van der Waals surface area contributed by atoms with Crippen molar-refractivity contribution < 1.29 is 9.47 Å². The fourth-order valence-corrected chi connectivity index (χ4v) is 1.68. The first kappa shape index (κ1) is 9.96. The van der Waals surface area contributed by atoms with Crippen molar-refractivity contribution in [2.24, 2.45) is 0 Å². The first-order chi connectivity index (χ1) is 5.75. The summed E-state index contributed by atoms with van der Waals surface area (Å²) in [5, 5.41) is 0. The van der Waals surface area contributed by atoms with E-state index in [1.54, 1.807) is 7.11 Å². The Morgan fingerprint density at radius 1 is 1.58 bits per heavy atom. The van der Waals surface area contributed by atoms with Crippen LogP contribution in [-0.4, -0.2) is 50.5 Å². The molecule has 3 heteroatoms. The Labute approximate surface area is 74.6 Å². The summed E-state index contributed by atoms with van der Waals surface area (Å²) in [6.07, 6.45) is 0. The Hall–Kier alpha value is -0.120. The Morgan fingerprint density at radius 2 is 2.33 bits per heavy atom. The van der Waals surface area contributed by atoms with Gasteiger partial charge in [0, 0.05) is 19.7 Å². The normalized spacial score (nSPS) is 26.5. The summed E-state index contributed by atoms with van der Waals surface area (Å²) in [6.45, 7) is 7.91. The second kappa shape index (κ2) is 4.80. The predicted molar refractivity (Wildman–Crippen MR) is 48.3 cm³/mol. The third-order valence-corrected chi connectivity index (χ3v) is 2.30. The van der Waals surface area contributed by atoms with Gasteiger partial charge in [0.15, 0.2) is 0 Å². The molecular formula is C9H19NO2. The van der Waals surface area contributed by atoms with Crippen LogP contribution in [0, 0.1) is 0 Å². The summed E-state index contributed by atoms with van der Waals surface area (Å²) < 4.78 is 10.5. The highest BCUT2D eigenvalue weighted by atomic mass is 16.5. The molecule has 1 aliphatic rings. The molecule has 1 saturated heterocycles. The second-order valence-corrected chi connectivity index (χ2v) is 3.52. The van der Waals surface area contributed by atoms with E-state index >= 15 is 0 Å². The molecule has 0 saturated carbocycles. The molecule has 1 unspecified atom stereocenters. The summed E-state index contributed by atoms with van der Waals surface area (Å²) >= 11 is 0. The first-order valence-electron chi connectivity index (χ1n) is 4.58. The molecule has 12 heavy (non-hydrogen) atoms. The van der Waals surface area contributed by atoms with Crippen LogP contribution in [0.5, 0.6) is 0 Å². The largest absolute Gasteiger partial charge is 0.383 e. The molecule has 1 atom stereocenters. The minimum Gasteiger partial charge on any atom is -0.383 e. The third-order valence-electron chi connectivity index (χ3n) is 2.30. The van der Waals surface area contributed by atoms with Crippen molar-refractivity contribution in [3.05, 3.63) is 0 Å². The minimum absolute atomic E-state index is 0.448. The zero-order valence-electron chi connectivity index (χ0n) is 8.25. The molecule has 0 amide bonds. The van der Waals surface area contributed by atoms with Crippen LogP contribution in [-0.2, 0) is 9.47 Å². The van der Waals surface area contributed by atoms with Gasteiger partial charge in [0.1, 0.15) is 0 Å². The van der Waals surface area contributed by atoms with Crippen molar-refractivity contribution in [2.45, 2.75) is 25.9 Å². The molecule has 0 aromatic rings. The van der Waals surface area contributed by atoms with Gasteiger partial charge in [0.05, 0.1) is 25.9 Å². The zero-order chi connectivity index (χ0) is 8.97. The van der Waals surface area contributed by atoms with Gasteiger partial charge in [-0.25, -0.2) is 0 Å². The van der Waals surface area contributed by atoms with Crippen LogP contribution in [0.3, 0.4) is 0 Å². The van der Waals surface area contributed by atoms with Gasteiger partial charge in [-0.3, -0.25) is 4.90 Å². The fraction of sp³-hybridized carbons (Fsp3) is 1.00. The average Bonchev–Trinajstić information content (AvgIpc) is 2.05. The van der Waals surface area contributed by atoms with Crippen molar-refractivity contribution in [1.29, 1.82) is 0 Å². The Balaban J connectivity index is 2.42. The van der Waals surface area contributed by atoms with Crippen LogP contribution >= 0.6 is 0 Å². The van der Waals surface area contributed by atoms with Crippen LogP contribution in [0.1, 0.15) is 13.8 Å². The maximum Gasteiger partial charge on any atom is 0.0645 e. The van der Waals surface area contributed by atoms with Crippen molar-refractivity contribution in [3.8, 4) is 0 Å². The second-order valence-electron chi connectivity index (χ2n) is 3.52. The van der Waals surface area contributed by atoms with E-state index in [-0.39, 0.29) is 0 Å². The molecule has 0 bridgehead atoms. The molecule has 0 aliphatic carbocycles. The highest BCUT2D eigenvalue weighted by Crippen LogP contribution is 2.10. The van der Waals surface area contributed by atoms with E-state index in [0.29, 0.717) is 12.1 Å². The van der Waals surface area contributed by atoms with E-state index in [4.69, 9.17) is 9.47 Å². The standard InChI is InChI=1S/C9H19NO2/c1-8(2)10-4-5-12-7-9(10)6-11-3/h8-9H,4-7H2,1-3H3. The SMILES string of the molecule is COCC1COCCN1C(C)C. The highest BCUT2D eigenvalue weighted by Gasteiger charge is 2.24. The lowest BCUT2D eigenvalue weighted by molar-refractivity contribution is -0.0478. The smallest absolute Gasteiger partial charge is 0.0645 e. The summed E-state index contributed by atoms with van der Waals surface area (Å²) in [6, 6.07) is 1.04. The maximum absolute atomic E-state index is 5.39. The van der Waals surface area contributed by atoms with Gasteiger partial charge >= 0.3 is 0 Å². The topological polar surface area (TPSA) is 21.7 Å². The Morgan fingerprint density at radius 3 is 2.92 bits per heavy atom. The number of hydrogen-bond donors (Lipinski definition) is 0. The number of morpholine rings is 1. The Bertz CT molecular complexity index is 126. The van der Waals surface area contributed by atoms with E-state index in [2.05, 4.69) is 18.7 Å². The number of methoxy groups -OCH3 is 1. The van der Waals surface area contributed by atoms with Crippen LogP contribution in [0.4, 0.5) is 0 Å². The number of hydrogen-bond acceptors (Lipinski definition) is 3. The molecule has 1 rings (SSSR count). The molecule has 3 nitrogen and oxygen atoms in total. The van der Waals surface area contributed by atoms with Gasteiger partial charge in [-0.15, -0.1) is 0 Å². The minimum atomic E-state index is 0.448. The monoisotopic (exact) mass is 173 g/mol. The molecule has 0 radical (unpaired) electrons. The summed E-state index contributed by atoms with van der Waals surface area (Å²) in [5.41, 5.74) is 0. The summed E-state index contributed by atoms with van der Waals surface area (Å²) in [4.78, 5) is 2.44. The lowest BCUT2D eigenvalue weighted by atomic mass is 10.2. The van der Waals surface area contributed by atoms with Crippen molar-refractivity contribution in [3.63, 3.8) is 0 Å². The zero-order valence-corrected chi connectivity index (χ0v) is 8.25. The van der Waals surface area contributed by atoms with Crippen molar-refractivity contribution in [1.82, 2.24) is 4.90 Å².